The van der Waals surface area contributed by atoms with Crippen molar-refractivity contribution in [3.63, 3.8) is 0 Å². The first kappa shape index (κ1) is 23.2. The minimum atomic E-state index is -0.737. The molecule has 0 spiro atoms. The Morgan fingerprint density at radius 2 is 1.23 bits per heavy atom. The average molecular weight is 367 g/mol. The lowest BCUT2D eigenvalue weighted by Gasteiger charge is -2.05. The molecule has 1 aliphatic rings. The molecule has 0 aromatic rings. The quantitative estimate of drug-likeness (QED) is 0.193. The number of rotatable bonds is 16. The zero-order chi connectivity index (χ0) is 19.0. The fourth-order valence-electron chi connectivity index (χ4n) is 3.65. The van der Waals surface area contributed by atoms with E-state index >= 15 is 0 Å². The summed E-state index contributed by atoms with van der Waals surface area (Å²) in [6.45, 7) is 4.01. The molecule has 1 aliphatic heterocycles. The molecule has 0 radical (unpaired) electrons. The van der Waals surface area contributed by atoms with Gasteiger partial charge < -0.3 is 9.84 Å². The van der Waals surface area contributed by atoms with E-state index in [1.165, 1.54) is 89.9 Å². The molecule has 3 heteroatoms. The van der Waals surface area contributed by atoms with Gasteiger partial charge in [-0.1, -0.05) is 103 Å². The highest BCUT2D eigenvalue weighted by Crippen LogP contribution is 2.22. The van der Waals surface area contributed by atoms with Crippen LogP contribution < -0.4 is 0 Å². The Morgan fingerprint density at radius 1 is 0.808 bits per heavy atom. The maximum Gasteiger partial charge on any atom is 0.336 e. The Kier molecular flexibility index (Phi) is 13.6. The largest absolute Gasteiger partial charge is 0.456 e. The van der Waals surface area contributed by atoms with Crippen LogP contribution in [0.1, 0.15) is 117 Å². The van der Waals surface area contributed by atoms with E-state index in [2.05, 4.69) is 6.92 Å². The normalized spacial score (nSPS) is 21.5. The number of aliphatic hydroxyl groups is 1. The highest BCUT2D eigenvalue weighted by Gasteiger charge is 2.34. The third-order valence-corrected chi connectivity index (χ3v) is 5.46. The summed E-state index contributed by atoms with van der Waals surface area (Å²) in [5.41, 5.74) is 0.461. The zero-order valence-corrected chi connectivity index (χ0v) is 17.3. The lowest BCUT2D eigenvalue weighted by atomic mass is 10.0. The van der Waals surface area contributed by atoms with Gasteiger partial charge in [-0.3, -0.25) is 0 Å². The van der Waals surface area contributed by atoms with Gasteiger partial charge in [0.2, 0.25) is 0 Å². The van der Waals surface area contributed by atoms with Gasteiger partial charge in [0.25, 0.3) is 0 Å². The highest BCUT2D eigenvalue weighted by molar-refractivity contribution is 5.92. The Labute approximate surface area is 161 Å². The topological polar surface area (TPSA) is 46.5 Å². The number of hydrogen-bond donors (Lipinski definition) is 1. The van der Waals surface area contributed by atoms with Gasteiger partial charge in [-0.15, -0.1) is 0 Å². The SMILES string of the molecule is CCCCCCCCCCCCCCCCC/C=C1/C(=O)O[C@@H](C)[C@H]1O. The molecule has 1 saturated heterocycles. The van der Waals surface area contributed by atoms with E-state index < -0.39 is 12.2 Å². The molecule has 26 heavy (non-hydrogen) atoms. The van der Waals surface area contributed by atoms with Crippen LogP contribution in [0, 0.1) is 0 Å². The smallest absolute Gasteiger partial charge is 0.336 e. The number of ether oxygens (including phenoxy) is 1. The van der Waals surface area contributed by atoms with Crippen LogP contribution in [-0.2, 0) is 9.53 Å². The molecule has 1 fully saturated rings. The van der Waals surface area contributed by atoms with Crippen molar-refractivity contribution in [2.24, 2.45) is 0 Å². The molecular weight excluding hydrogens is 324 g/mol. The van der Waals surface area contributed by atoms with E-state index in [1.807, 2.05) is 6.08 Å². The van der Waals surface area contributed by atoms with Crippen molar-refractivity contribution in [1.29, 1.82) is 0 Å². The summed E-state index contributed by atoms with van der Waals surface area (Å²) in [7, 11) is 0. The summed E-state index contributed by atoms with van der Waals surface area (Å²) in [4.78, 5) is 11.5. The van der Waals surface area contributed by atoms with Crippen LogP contribution in [-0.4, -0.2) is 23.3 Å². The van der Waals surface area contributed by atoms with Crippen LogP contribution in [0.3, 0.4) is 0 Å². The van der Waals surface area contributed by atoms with Crippen molar-refractivity contribution in [1.82, 2.24) is 0 Å². The number of hydrogen-bond acceptors (Lipinski definition) is 3. The van der Waals surface area contributed by atoms with Gasteiger partial charge in [0.15, 0.2) is 0 Å². The second kappa shape index (κ2) is 15.2. The number of unbranched alkanes of at least 4 members (excludes halogenated alkanes) is 15. The summed E-state index contributed by atoms with van der Waals surface area (Å²) in [5.74, 6) is -0.342. The van der Waals surface area contributed by atoms with Crippen LogP contribution in [0.5, 0.6) is 0 Å². The first-order valence-electron chi connectivity index (χ1n) is 11.3. The van der Waals surface area contributed by atoms with E-state index in [0.717, 1.165) is 12.8 Å². The molecule has 1 rings (SSSR count). The van der Waals surface area contributed by atoms with Gasteiger partial charge >= 0.3 is 5.97 Å². The second-order valence-corrected chi connectivity index (χ2v) is 7.95. The maximum atomic E-state index is 11.5. The summed E-state index contributed by atoms with van der Waals surface area (Å²) >= 11 is 0. The van der Waals surface area contributed by atoms with Crippen LogP contribution in [0.2, 0.25) is 0 Å². The lowest BCUT2D eigenvalue weighted by Crippen LogP contribution is -2.17. The second-order valence-electron chi connectivity index (χ2n) is 7.95. The predicted molar refractivity (Wildman–Crippen MR) is 109 cm³/mol. The number of aliphatic hydroxyl groups excluding tert-OH is 1. The molecule has 0 aromatic carbocycles. The van der Waals surface area contributed by atoms with Gasteiger partial charge in [0.1, 0.15) is 12.2 Å². The number of allylic oxidation sites excluding steroid dienone is 1. The fourth-order valence-corrected chi connectivity index (χ4v) is 3.65. The first-order valence-corrected chi connectivity index (χ1v) is 11.3. The van der Waals surface area contributed by atoms with Gasteiger partial charge in [0.05, 0.1) is 5.57 Å². The van der Waals surface area contributed by atoms with Crippen molar-refractivity contribution >= 4 is 5.97 Å². The third-order valence-electron chi connectivity index (χ3n) is 5.46. The monoisotopic (exact) mass is 366 g/mol. The van der Waals surface area contributed by atoms with Crippen molar-refractivity contribution in [3.8, 4) is 0 Å². The summed E-state index contributed by atoms with van der Waals surface area (Å²) in [6, 6.07) is 0. The Bertz CT molecular complexity index is 389. The summed E-state index contributed by atoms with van der Waals surface area (Å²) < 4.78 is 5.01. The zero-order valence-electron chi connectivity index (χ0n) is 17.3. The van der Waals surface area contributed by atoms with Crippen molar-refractivity contribution in [2.75, 3.05) is 0 Å². The van der Waals surface area contributed by atoms with Crippen molar-refractivity contribution < 1.29 is 14.6 Å². The van der Waals surface area contributed by atoms with Gasteiger partial charge in [-0.2, -0.15) is 0 Å². The molecule has 0 aromatic heterocycles. The Hall–Kier alpha value is -0.830. The highest BCUT2D eigenvalue weighted by atomic mass is 16.6. The molecule has 0 aliphatic carbocycles. The molecule has 152 valence electrons. The third kappa shape index (κ3) is 10.4. The molecule has 1 N–H and O–H groups in total. The maximum absolute atomic E-state index is 11.5. The van der Waals surface area contributed by atoms with Crippen molar-refractivity contribution in [2.45, 2.75) is 129 Å². The molecule has 0 amide bonds. The summed E-state index contributed by atoms with van der Waals surface area (Å²) in [6.07, 6.45) is 22.0. The number of cyclic esters (lactones) is 1. The minimum Gasteiger partial charge on any atom is -0.456 e. The lowest BCUT2D eigenvalue weighted by molar-refractivity contribution is -0.138. The Balaban J connectivity index is 1.82. The van der Waals surface area contributed by atoms with E-state index in [0.29, 0.717) is 5.57 Å². The molecule has 0 saturated carbocycles. The molecule has 2 atom stereocenters. The van der Waals surface area contributed by atoms with Crippen molar-refractivity contribution in [3.05, 3.63) is 11.6 Å². The molecule has 0 unspecified atom stereocenters. The number of carbonyl (C=O) groups is 1. The fraction of sp³-hybridized carbons (Fsp3) is 0.870. The Morgan fingerprint density at radius 3 is 1.62 bits per heavy atom. The van der Waals surface area contributed by atoms with Gasteiger partial charge in [0, 0.05) is 0 Å². The van der Waals surface area contributed by atoms with E-state index in [9.17, 15) is 9.90 Å². The average Bonchev–Trinajstić information content (AvgIpc) is 2.87. The van der Waals surface area contributed by atoms with Crippen LogP contribution in [0.15, 0.2) is 11.6 Å². The van der Waals surface area contributed by atoms with Crippen LogP contribution in [0.4, 0.5) is 0 Å². The molecule has 3 nitrogen and oxygen atoms in total. The number of esters is 1. The van der Waals surface area contributed by atoms with E-state index in [4.69, 9.17) is 4.74 Å². The van der Waals surface area contributed by atoms with E-state index in [1.54, 1.807) is 6.92 Å². The summed E-state index contributed by atoms with van der Waals surface area (Å²) in [5, 5.41) is 9.84. The minimum absolute atomic E-state index is 0.342. The van der Waals surface area contributed by atoms with Crippen LogP contribution >= 0.6 is 0 Å². The van der Waals surface area contributed by atoms with Gasteiger partial charge in [-0.25, -0.2) is 4.79 Å². The standard InChI is InChI=1S/C23H42O3/c1-3-4-5-6-7-8-9-10-11-12-13-14-15-16-17-18-19-21-22(24)20(2)26-23(21)25/h19-20,22,24H,3-18H2,1-2H3/b21-19+/t20-,22+/m0/s1. The van der Waals surface area contributed by atoms with Crippen LogP contribution in [0.25, 0.3) is 0 Å². The molecular formula is C23H42O3. The molecule has 1 heterocycles. The number of carbonyl (C=O) groups excluding carboxylic acids is 1. The predicted octanol–water partition coefficient (Wildman–Crippen LogP) is 6.48. The van der Waals surface area contributed by atoms with E-state index in [-0.39, 0.29) is 5.97 Å². The molecule has 0 bridgehead atoms. The van der Waals surface area contributed by atoms with Gasteiger partial charge in [-0.05, 0) is 19.8 Å². The first-order chi connectivity index (χ1) is 12.7.